The van der Waals surface area contributed by atoms with Crippen LogP contribution in [0.25, 0.3) is 10.7 Å². The molecule has 1 N–H and O–H groups in total. The summed E-state index contributed by atoms with van der Waals surface area (Å²) >= 11 is 1.42. The smallest absolute Gasteiger partial charge is 0.151 e. The van der Waals surface area contributed by atoms with Gasteiger partial charge in [-0.15, -0.1) is 11.3 Å². The molecule has 1 unspecified atom stereocenters. The molecule has 0 aliphatic rings. The first-order chi connectivity index (χ1) is 8.22. The van der Waals surface area contributed by atoms with E-state index in [0.29, 0.717) is 10.7 Å². The molecule has 0 amide bonds. The van der Waals surface area contributed by atoms with E-state index in [0.717, 1.165) is 12.2 Å². The highest BCUT2D eigenvalue weighted by Gasteiger charge is 2.13. The van der Waals surface area contributed by atoms with Gasteiger partial charge in [0.25, 0.3) is 0 Å². The molecule has 2 aromatic heterocycles. The Balaban J connectivity index is 2.27. The standard InChI is InChI=1S/C12H14FN3S/c1-3-14-8(2)10-7-17-12(16-10)11-9(13)5-4-6-15-11/h4-8,14H,3H2,1-2H3. The highest BCUT2D eigenvalue weighted by Crippen LogP contribution is 2.26. The molecule has 0 saturated heterocycles. The minimum absolute atomic E-state index is 0.178. The number of nitrogens with zero attached hydrogens (tertiary/aromatic N) is 2. The van der Waals surface area contributed by atoms with Crippen LogP contribution in [0.5, 0.6) is 0 Å². The van der Waals surface area contributed by atoms with Crippen LogP contribution < -0.4 is 5.32 Å². The molecule has 90 valence electrons. The number of halogens is 1. The lowest BCUT2D eigenvalue weighted by molar-refractivity contribution is 0.586. The van der Waals surface area contributed by atoms with E-state index in [1.54, 1.807) is 12.3 Å². The number of aromatic nitrogens is 2. The van der Waals surface area contributed by atoms with Crippen molar-refractivity contribution in [2.75, 3.05) is 6.54 Å². The monoisotopic (exact) mass is 251 g/mol. The van der Waals surface area contributed by atoms with Crippen molar-refractivity contribution < 1.29 is 4.39 Å². The van der Waals surface area contributed by atoms with Gasteiger partial charge < -0.3 is 5.32 Å². The number of rotatable bonds is 4. The molecular formula is C12H14FN3S. The minimum atomic E-state index is -0.329. The zero-order chi connectivity index (χ0) is 12.3. The maximum atomic E-state index is 13.5. The third kappa shape index (κ3) is 2.68. The lowest BCUT2D eigenvalue weighted by Gasteiger charge is -2.08. The molecule has 0 aromatic carbocycles. The first kappa shape index (κ1) is 12.1. The second-order valence-electron chi connectivity index (χ2n) is 3.69. The Kier molecular flexibility index (Phi) is 3.81. The zero-order valence-corrected chi connectivity index (χ0v) is 10.6. The fraction of sp³-hybridized carbons (Fsp3) is 0.333. The van der Waals surface area contributed by atoms with E-state index in [4.69, 9.17) is 0 Å². The predicted octanol–water partition coefficient (Wildman–Crippen LogP) is 3.01. The van der Waals surface area contributed by atoms with E-state index in [2.05, 4.69) is 15.3 Å². The summed E-state index contributed by atoms with van der Waals surface area (Å²) in [4.78, 5) is 8.43. The molecular weight excluding hydrogens is 237 g/mol. The van der Waals surface area contributed by atoms with Crippen LogP contribution >= 0.6 is 11.3 Å². The third-order valence-electron chi connectivity index (χ3n) is 2.44. The van der Waals surface area contributed by atoms with Gasteiger partial charge in [-0.3, -0.25) is 4.98 Å². The lowest BCUT2D eigenvalue weighted by Crippen LogP contribution is -2.17. The molecule has 0 radical (unpaired) electrons. The van der Waals surface area contributed by atoms with E-state index in [-0.39, 0.29) is 11.9 Å². The number of hydrogen-bond donors (Lipinski definition) is 1. The first-order valence-electron chi connectivity index (χ1n) is 5.52. The van der Waals surface area contributed by atoms with E-state index >= 15 is 0 Å². The number of nitrogens with one attached hydrogen (secondary N) is 1. The van der Waals surface area contributed by atoms with Crippen LogP contribution in [0.3, 0.4) is 0 Å². The van der Waals surface area contributed by atoms with Crippen molar-refractivity contribution in [2.24, 2.45) is 0 Å². The zero-order valence-electron chi connectivity index (χ0n) is 9.77. The third-order valence-corrected chi connectivity index (χ3v) is 3.30. The van der Waals surface area contributed by atoms with Gasteiger partial charge in [0.15, 0.2) is 5.82 Å². The molecule has 2 rings (SSSR count). The van der Waals surface area contributed by atoms with Crippen LogP contribution in [0.2, 0.25) is 0 Å². The Labute approximate surface area is 104 Å². The van der Waals surface area contributed by atoms with Crippen LogP contribution in [0.15, 0.2) is 23.7 Å². The quantitative estimate of drug-likeness (QED) is 0.907. The highest BCUT2D eigenvalue weighted by atomic mass is 32.1. The Morgan fingerprint density at radius 3 is 3.06 bits per heavy atom. The van der Waals surface area contributed by atoms with Crippen molar-refractivity contribution in [1.82, 2.24) is 15.3 Å². The Morgan fingerprint density at radius 1 is 1.53 bits per heavy atom. The number of pyridine rings is 1. The molecule has 0 fully saturated rings. The number of hydrogen-bond acceptors (Lipinski definition) is 4. The molecule has 0 bridgehead atoms. The molecule has 0 spiro atoms. The van der Waals surface area contributed by atoms with Gasteiger partial charge in [-0.2, -0.15) is 0 Å². The highest BCUT2D eigenvalue weighted by molar-refractivity contribution is 7.13. The van der Waals surface area contributed by atoms with Crippen LogP contribution in [0.4, 0.5) is 4.39 Å². The summed E-state index contributed by atoms with van der Waals surface area (Å²) in [5.74, 6) is -0.329. The van der Waals surface area contributed by atoms with Gasteiger partial charge in [0.1, 0.15) is 10.7 Å². The maximum absolute atomic E-state index is 13.5. The van der Waals surface area contributed by atoms with Gasteiger partial charge >= 0.3 is 0 Å². The summed E-state index contributed by atoms with van der Waals surface area (Å²) in [6.45, 7) is 4.96. The maximum Gasteiger partial charge on any atom is 0.151 e. The van der Waals surface area contributed by atoms with E-state index in [1.807, 2.05) is 19.2 Å². The van der Waals surface area contributed by atoms with Crippen molar-refractivity contribution in [2.45, 2.75) is 19.9 Å². The van der Waals surface area contributed by atoms with Crippen molar-refractivity contribution in [3.05, 3.63) is 35.2 Å². The summed E-state index contributed by atoms with van der Waals surface area (Å²) in [5.41, 5.74) is 1.25. The molecule has 0 aliphatic heterocycles. The minimum Gasteiger partial charge on any atom is -0.309 e. The second kappa shape index (κ2) is 5.33. The molecule has 2 aromatic rings. The van der Waals surface area contributed by atoms with Crippen LogP contribution in [0, 0.1) is 5.82 Å². The molecule has 0 saturated carbocycles. The van der Waals surface area contributed by atoms with Crippen LogP contribution in [-0.4, -0.2) is 16.5 Å². The van der Waals surface area contributed by atoms with Crippen molar-refractivity contribution in [1.29, 1.82) is 0 Å². The average Bonchev–Trinajstić information content (AvgIpc) is 2.79. The second-order valence-corrected chi connectivity index (χ2v) is 4.55. The van der Waals surface area contributed by atoms with Gasteiger partial charge in [0.05, 0.1) is 5.69 Å². The molecule has 5 heteroatoms. The normalized spacial score (nSPS) is 12.6. The lowest BCUT2D eigenvalue weighted by atomic mass is 10.2. The molecule has 1 atom stereocenters. The van der Waals surface area contributed by atoms with Gasteiger partial charge in [-0.1, -0.05) is 6.92 Å². The molecule has 17 heavy (non-hydrogen) atoms. The Bertz CT molecular complexity index is 498. The predicted molar refractivity (Wildman–Crippen MR) is 67.4 cm³/mol. The number of thiazole rings is 1. The molecule has 3 nitrogen and oxygen atoms in total. The van der Waals surface area contributed by atoms with Gasteiger partial charge in [0, 0.05) is 17.6 Å². The first-order valence-corrected chi connectivity index (χ1v) is 6.40. The summed E-state index contributed by atoms with van der Waals surface area (Å²) in [6.07, 6.45) is 1.58. The summed E-state index contributed by atoms with van der Waals surface area (Å²) < 4.78 is 13.5. The topological polar surface area (TPSA) is 37.8 Å². The largest absolute Gasteiger partial charge is 0.309 e. The average molecular weight is 251 g/mol. The fourth-order valence-electron chi connectivity index (χ4n) is 1.55. The van der Waals surface area contributed by atoms with E-state index in [1.165, 1.54) is 17.4 Å². The van der Waals surface area contributed by atoms with Crippen LogP contribution in [0.1, 0.15) is 25.6 Å². The van der Waals surface area contributed by atoms with E-state index in [9.17, 15) is 4.39 Å². The van der Waals surface area contributed by atoms with Crippen molar-refractivity contribution in [3.8, 4) is 10.7 Å². The van der Waals surface area contributed by atoms with Crippen molar-refractivity contribution >= 4 is 11.3 Å². The Hall–Kier alpha value is -1.33. The molecule has 0 aliphatic carbocycles. The SMILES string of the molecule is CCNC(C)c1csc(-c2ncccc2F)n1. The summed E-state index contributed by atoms with van der Waals surface area (Å²) in [5, 5.41) is 5.84. The Morgan fingerprint density at radius 2 is 2.35 bits per heavy atom. The van der Waals surface area contributed by atoms with Crippen molar-refractivity contribution in [3.63, 3.8) is 0 Å². The van der Waals surface area contributed by atoms with Crippen LogP contribution in [-0.2, 0) is 0 Å². The molecule has 2 heterocycles. The summed E-state index contributed by atoms with van der Waals surface area (Å²) in [7, 11) is 0. The van der Waals surface area contributed by atoms with Gasteiger partial charge in [-0.05, 0) is 25.6 Å². The van der Waals surface area contributed by atoms with Gasteiger partial charge in [-0.25, -0.2) is 9.37 Å². The fourth-order valence-corrected chi connectivity index (χ4v) is 2.46. The van der Waals surface area contributed by atoms with E-state index < -0.39 is 0 Å². The summed E-state index contributed by atoms with van der Waals surface area (Å²) in [6, 6.07) is 3.16. The van der Waals surface area contributed by atoms with Gasteiger partial charge in [0.2, 0.25) is 0 Å².